The van der Waals surface area contributed by atoms with Crippen LogP contribution >= 0.6 is 11.6 Å². The van der Waals surface area contributed by atoms with Crippen molar-refractivity contribution in [1.29, 1.82) is 0 Å². The van der Waals surface area contributed by atoms with E-state index in [0.29, 0.717) is 10.8 Å². The van der Waals surface area contributed by atoms with Crippen LogP contribution in [0.2, 0.25) is 5.02 Å². The Bertz CT molecular complexity index is 575. The molecule has 2 aromatic rings. The van der Waals surface area contributed by atoms with E-state index in [1.807, 2.05) is 0 Å². The molecular formula is C14H11ClF2O2. The van der Waals surface area contributed by atoms with Crippen molar-refractivity contribution >= 4 is 11.6 Å². The molecule has 0 spiro atoms. The van der Waals surface area contributed by atoms with Crippen molar-refractivity contribution in [2.75, 3.05) is 6.61 Å². The van der Waals surface area contributed by atoms with E-state index in [9.17, 15) is 13.9 Å². The van der Waals surface area contributed by atoms with E-state index in [-0.39, 0.29) is 12.2 Å². The van der Waals surface area contributed by atoms with Crippen LogP contribution in [0.3, 0.4) is 0 Å². The number of aliphatic hydroxyl groups excluding tert-OH is 1. The minimum absolute atomic E-state index is 0.137. The Morgan fingerprint density at radius 2 is 1.95 bits per heavy atom. The molecule has 1 N–H and O–H groups in total. The number of hydrogen-bond acceptors (Lipinski definition) is 2. The van der Waals surface area contributed by atoms with Gasteiger partial charge < -0.3 is 9.84 Å². The van der Waals surface area contributed by atoms with Crippen LogP contribution in [0, 0.1) is 11.6 Å². The highest BCUT2D eigenvalue weighted by Crippen LogP contribution is 2.21. The van der Waals surface area contributed by atoms with Gasteiger partial charge in [-0.1, -0.05) is 17.7 Å². The summed E-state index contributed by atoms with van der Waals surface area (Å²) >= 11 is 5.77. The van der Waals surface area contributed by atoms with Crippen molar-refractivity contribution in [2.24, 2.45) is 0 Å². The predicted molar refractivity (Wildman–Crippen MR) is 68.3 cm³/mol. The Hall–Kier alpha value is -1.65. The van der Waals surface area contributed by atoms with E-state index in [4.69, 9.17) is 16.3 Å². The highest BCUT2D eigenvalue weighted by atomic mass is 35.5. The number of rotatable bonds is 4. The molecular weight excluding hydrogens is 274 g/mol. The fraction of sp³-hybridized carbons (Fsp3) is 0.143. The fourth-order valence-corrected chi connectivity index (χ4v) is 1.77. The van der Waals surface area contributed by atoms with Gasteiger partial charge in [0.2, 0.25) is 0 Å². The van der Waals surface area contributed by atoms with Gasteiger partial charge in [0.05, 0.1) is 0 Å². The van der Waals surface area contributed by atoms with Crippen molar-refractivity contribution in [1.82, 2.24) is 0 Å². The van der Waals surface area contributed by atoms with Gasteiger partial charge in [-0.05, 0) is 36.4 Å². The molecule has 0 aliphatic carbocycles. The van der Waals surface area contributed by atoms with Crippen molar-refractivity contribution in [3.63, 3.8) is 0 Å². The lowest BCUT2D eigenvalue weighted by atomic mass is 10.1. The number of aliphatic hydroxyl groups is 1. The van der Waals surface area contributed by atoms with Gasteiger partial charge in [0, 0.05) is 10.6 Å². The molecule has 1 atom stereocenters. The lowest BCUT2D eigenvalue weighted by Gasteiger charge is -2.13. The number of benzene rings is 2. The Labute approximate surface area is 114 Å². The SMILES string of the molecule is OC(COc1cccc(Cl)c1)c1cc(F)ccc1F. The lowest BCUT2D eigenvalue weighted by Crippen LogP contribution is -2.11. The number of halogens is 3. The zero-order valence-corrected chi connectivity index (χ0v) is 10.6. The van der Waals surface area contributed by atoms with Crippen molar-refractivity contribution in [3.05, 3.63) is 64.7 Å². The van der Waals surface area contributed by atoms with Crippen molar-refractivity contribution in [2.45, 2.75) is 6.10 Å². The first-order valence-corrected chi connectivity index (χ1v) is 5.95. The molecule has 0 amide bonds. The maximum absolute atomic E-state index is 13.4. The zero-order chi connectivity index (χ0) is 13.8. The molecule has 0 saturated heterocycles. The van der Waals surface area contributed by atoms with Crippen molar-refractivity contribution < 1.29 is 18.6 Å². The van der Waals surface area contributed by atoms with E-state index < -0.39 is 17.7 Å². The fourth-order valence-electron chi connectivity index (χ4n) is 1.59. The lowest BCUT2D eigenvalue weighted by molar-refractivity contribution is 0.104. The molecule has 2 nitrogen and oxygen atoms in total. The smallest absolute Gasteiger partial charge is 0.129 e. The van der Waals surface area contributed by atoms with Crippen LogP contribution in [0.4, 0.5) is 8.78 Å². The summed E-state index contributed by atoms with van der Waals surface area (Å²) in [5.41, 5.74) is -0.137. The minimum Gasteiger partial charge on any atom is -0.490 e. The third kappa shape index (κ3) is 3.66. The molecule has 2 rings (SSSR count). The average Bonchev–Trinajstić information content (AvgIpc) is 2.39. The Morgan fingerprint density at radius 1 is 1.16 bits per heavy atom. The third-order valence-corrected chi connectivity index (χ3v) is 2.76. The van der Waals surface area contributed by atoms with Crippen LogP contribution in [0.15, 0.2) is 42.5 Å². The van der Waals surface area contributed by atoms with Gasteiger partial charge >= 0.3 is 0 Å². The Kier molecular flexibility index (Phi) is 4.35. The van der Waals surface area contributed by atoms with Gasteiger partial charge in [0.15, 0.2) is 0 Å². The van der Waals surface area contributed by atoms with Crippen LogP contribution in [-0.2, 0) is 0 Å². The summed E-state index contributed by atoms with van der Waals surface area (Å²) in [5, 5.41) is 10.3. The van der Waals surface area contributed by atoms with Crippen LogP contribution in [0.25, 0.3) is 0 Å². The minimum atomic E-state index is -1.25. The van der Waals surface area contributed by atoms with Crippen LogP contribution in [0.5, 0.6) is 5.75 Å². The highest BCUT2D eigenvalue weighted by Gasteiger charge is 2.14. The predicted octanol–water partition coefficient (Wildman–Crippen LogP) is 3.73. The molecule has 1 unspecified atom stereocenters. The first-order chi connectivity index (χ1) is 9.06. The first-order valence-electron chi connectivity index (χ1n) is 5.57. The number of ether oxygens (including phenoxy) is 1. The number of hydrogen-bond donors (Lipinski definition) is 1. The molecule has 0 saturated carbocycles. The topological polar surface area (TPSA) is 29.5 Å². The van der Waals surface area contributed by atoms with Gasteiger partial charge in [0.1, 0.15) is 30.1 Å². The molecule has 100 valence electrons. The summed E-state index contributed by atoms with van der Waals surface area (Å²) in [7, 11) is 0. The second-order valence-electron chi connectivity index (χ2n) is 3.95. The van der Waals surface area contributed by atoms with Gasteiger partial charge in [-0.3, -0.25) is 0 Å². The summed E-state index contributed by atoms with van der Waals surface area (Å²) in [5.74, 6) is -0.842. The summed E-state index contributed by atoms with van der Waals surface area (Å²) in [6, 6.07) is 9.48. The van der Waals surface area contributed by atoms with Gasteiger partial charge in [-0.15, -0.1) is 0 Å². The Balaban J connectivity index is 2.05. The second-order valence-corrected chi connectivity index (χ2v) is 4.39. The monoisotopic (exact) mass is 284 g/mol. The van der Waals surface area contributed by atoms with E-state index in [1.165, 1.54) is 0 Å². The summed E-state index contributed by atoms with van der Waals surface area (Å²) < 4.78 is 31.7. The summed E-state index contributed by atoms with van der Waals surface area (Å²) in [6.45, 7) is -0.194. The van der Waals surface area contributed by atoms with E-state index >= 15 is 0 Å². The molecule has 0 aliphatic heterocycles. The van der Waals surface area contributed by atoms with Gasteiger partial charge in [0.25, 0.3) is 0 Å². The molecule has 0 radical (unpaired) electrons. The summed E-state index contributed by atoms with van der Waals surface area (Å²) in [6.07, 6.45) is -1.25. The van der Waals surface area contributed by atoms with E-state index in [2.05, 4.69) is 0 Å². The quantitative estimate of drug-likeness (QED) is 0.927. The molecule has 2 aromatic carbocycles. The molecule has 0 aromatic heterocycles. The molecule has 0 aliphatic rings. The molecule has 5 heteroatoms. The first kappa shape index (κ1) is 13.8. The third-order valence-electron chi connectivity index (χ3n) is 2.52. The van der Waals surface area contributed by atoms with E-state index in [1.54, 1.807) is 24.3 Å². The summed E-state index contributed by atoms with van der Waals surface area (Å²) in [4.78, 5) is 0. The van der Waals surface area contributed by atoms with E-state index in [0.717, 1.165) is 18.2 Å². The molecule has 0 bridgehead atoms. The zero-order valence-electron chi connectivity index (χ0n) is 9.82. The normalized spacial score (nSPS) is 12.2. The average molecular weight is 285 g/mol. The molecule has 0 fully saturated rings. The van der Waals surface area contributed by atoms with Crippen molar-refractivity contribution in [3.8, 4) is 5.75 Å². The molecule has 0 heterocycles. The van der Waals surface area contributed by atoms with Crippen LogP contribution in [0.1, 0.15) is 11.7 Å². The van der Waals surface area contributed by atoms with Crippen LogP contribution < -0.4 is 4.74 Å². The maximum Gasteiger partial charge on any atom is 0.129 e. The van der Waals surface area contributed by atoms with Crippen LogP contribution in [-0.4, -0.2) is 11.7 Å². The Morgan fingerprint density at radius 3 is 2.68 bits per heavy atom. The largest absolute Gasteiger partial charge is 0.490 e. The van der Waals surface area contributed by atoms with Gasteiger partial charge in [-0.25, -0.2) is 8.78 Å². The van der Waals surface area contributed by atoms with Gasteiger partial charge in [-0.2, -0.15) is 0 Å². The molecule has 19 heavy (non-hydrogen) atoms. The standard InChI is InChI=1S/C14H11ClF2O2/c15-9-2-1-3-11(6-9)19-8-14(18)12-7-10(16)4-5-13(12)17/h1-7,14,18H,8H2. The highest BCUT2D eigenvalue weighted by molar-refractivity contribution is 6.30. The maximum atomic E-state index is 13.4. The second kappa shape index (κ2) is 5.99.